The fourth-order valence-corrected chi connectivity index (χ4v) is 2.43. The average Bonchev–Trinajstić information content (AvgIpc) is 2.91. The van der Waals surface area contributed by atoms with E-state index in [9.17, 15) is 0 Å². The SMILES string of the molecule is CCNCc1ccc(N2CCCC2)c(OCC)c1. The zero-order valence-electron chi connectivity index (χ0n) is 11.5. The van der Waals surface area contributed by atoms with Crippen LogP contribution in [0.25, 0.3) is 0 Å². The van der Waals surface area contributed by atoms with Gasteiger partial charge in [-0.2, -0.15) is 0 Å². The van der Waals surface area contributed by atoms with Gasteiger partial charge in [-0.3, -0.25) is 0 Å². The molecule has 1 aliphatic heterocycles. The quantitative estimate of drug-likeness (QED) is 0.838. The highest BCUT2D eigenvalue weighted by Crippen LogP contribution is 2.32. The van der Waals surface area contributed by atoms with Crippen LogP contribution in [0.15, 0.2) is 18.2 Å². The number of hydrogen-bond acceptors (Lipinski definition) is 3. The number of anilines is 1. The van der Waals surface area contributed by atoms with E-state index in [0.29, 0.717) is 0 Å². The molecule has 1 aliphatic rings. The molecule has 18 heavy (non-hydrogen) atoms. The molecule has 0 unspecified atom stereocenters. The van der Waals surface area contributed by atoms with Crippen LogP contribution >= 0.6 is 0 Å². The van der Waals surface area contributed by atoms with Crippen LogP contribution in [0.2, 0.25) is 0 Å². The molecular formula is C15H24N2O. The van der Waals surface area contributed by atoms with E-state index in [4.69, 9.17) is 4.74 Å². The average molecular weight is 248 g/mol. The molecule has 1 fully saturated rings. The predicted octanol–water partition coefficient (Wildman–Crippen LogP) is 2.80. The van der Waals surface area contributed by atoms with Crippen molar-refractivity contribution >= 4 is 5.69 Å². The molecule has 1 saturated heterocycles. The van der Waals surface area contributed by atoms with Crippen molar-refractivity contribution in [1.29, 1.82) is 0 Å². The molecule has 0 radical (unpaired) electrons. The smallest absolute Gasteiger partial charge is 0.142 e. The van der Waals surface area contributed by atoms with E-state index in [1.54, 1.807) is 0 Å². The lowest BCUT2D eigenvalue weighted by atomic mass is 10.1. The molecule has 2 rings (SSSR count). The molecule has 0 bridgehead atoms. The minimum absolute atomic E-state index is 0.728. The molecule has 0 saturated carbocycles. The van der Waals surface area contributed by atoms with Gasteiger partial charge in [-0.25, -0.2) is 0 Å². The minimum Gasteiger partial charge on any atom is -0.492 e. The van der Waals surface area contributed by atoms with Crippen LogP contribution in [0.1, 0.15) is 32.3 Å². The summed E-state index contributed by atoms with van der Waals surface area (Å²) in [5, 5.41) is 3.35. The topological polar surface area (TPSA) is 24.5 Å². The molecule has 0 aromatic heterocycles. The first kappa shape index (κ1) is 13.2. The van der Waals surface area contributed by atoms with Crippen LogP contribution in [0.3, 0.4) is 0 Å². The Kier molecular flexibility index (Phi) is 4.88. The van der Waals surface area contributed by atoms with Gasteiger partial charge in [-0.1, -0.05) is 13.0 Å². The first-order valence-electron chi connectivity index (χ1n) is 7.06. The van der Waals surface area contributed by atoms with Crippen LogP contribution < -0.4 is 15.0 Å². The van der Waals surface area contributed by atoms with E-state index in [-0.39, 0.29) is 0 Å². The zero-order chi connectivity index (χ0) is 12.8. The molecular weight excluding hydrogens is 224 g/mol. The molecule has 1 heterocycles. The molecule has 3 nitrogen and oxygen atoms in total. The number of ether oxygens (including phenoxy) is 1. The summed E-state index contributed by atoms with van der Waals surface area (Å²) in [5.74, 6) is 1.04. The van der Waals surface area contributed by atoms with Gasteiger partial charge < -0.3 is 15.0 Å². The van der Waals surface area contributed by atoms with Gasteiger partial charge in [0.25, 0.3) is 0 Å². The summed E-state index contributed by atoms with van der Waals surface area (Å²) in [6.45, 7) is 9.13. The number of rotatable bonds is 6. The predicted molar refractivity (Wildman–Crippen MR) is 76.4 cm³/mol. The molecule has 3 heteroatoms. The molecule has 0 aliphatic carbocycles. The van der Waals surface area contributed by atoms with Gasteiger partial charge in [0.1, 0.15) is 5.75 Å². The molecule has 1 aromatic rings. The third-order valence-corrected chi connectivity index (χ3v) is 3.35. The van der Waals surface area contributed by atoms with Crippen molar-refractivity contribution in [2.45, 2.75) is 33.2 Å². The number of nitrogens with one attached hydrogen (secondary N) is 1. The Morgan fingerprint density at radius 2 is 2.00 bits per heavy atom. The van der Waals surface area contributed by atoms with E-state index < -0.39 is 0 Å². The van der Waals surface area contributed by atoms with Gasteiger partial charge in [0, 0.05) is 19.6 Å². The van der Waals surface area contributed by atoms with Gasteiger partial charge in [-0.05, 0) is 44.0 Å². The van der Waals surface area contributed by atoms with Gasteiger partial charge in [0.15, 0.2) is 0 Å². The maximum atomic E-state index is 5.80. The van der Waals surface area contributed by atoms with Crippen molar-refractivity contribution in [1.82, 2.24) is 5.32 Å². The second kappa shape index (κ2) is 6.64. The zero-order valence-corrected chi connectivity index (χ0v) is 11.5. The van der Waals surface area contributed by atoms with Gasteiger partial charge in [0.2, 0.25) is 0 Å². The van der Waals surface area contributed by atoms with Crippen LogP contribution in [-0.4, -0.2) is 26.2 Å². The van der Waals surface area contributed by atoms with Crippen molar-refractivity contribution in [3.05, 3.63) is 23.8 Å². The van der Waals surface area contributed by atoms with Crippen molar-refractivity contribution < 1.29 is 4.74 Å². The summed E-state index contributed by atoms with van der Waals surface area (Å²) < 4.78 is 5.80. The fourth-order valence-electron chi connectivity index (χ4n) is 2.43. The van der Waals surface area contributed by atoms with Gasteiger partial charge in [0.05, 0.1) is 12.3 Å². The lowest BCUT2D eigenvalue weighted by Crippen LogP contribution is -2.19. The normalized spacial score (nSPS) is 15.1. The van der Waals surface area contributed by atoms with Gasteiger partial charge >= 0.3 is 0 Å². The molecule has 1 aromatic carbocycles. The highest BCUT2D eigenvalue weighted by molar-refractivity contribution is 5.60. The van der Waals surface area contributed by atoms with Gasteiger partial charge in [-0.15, -0.1) is 0 Å². The lowest BCUT2D eigenvalue weighted by Gasteiger charge is -2.21. The van der Waals surface area contributed by atoms with Crippen molar-refractivity contribution in [3.8, 4) is 5.75 Å². The fraction of sp³-hybridized carbons (Fsp3) is 0.600. The van der Waals surface area contributed by atoms with E-state index in [1.165, 1.54) is 24.1 Å². The summed E-state index contributed by atoms with van der Waals surface area (Å²) in [5.41, 5.74) is 2.55. The largest absolute Gasteiger partial charge is 0.492 e. The number of benzene rings is 1. The Bertz CT molecular complexity index is 373. The maximum Gasteiger partial charge on any atom is 0.142 e. The molecule has 1 N–H and O–H groups in total. The van der Waals surface area contributed by atoms with Crippen molar-refractivity contribution in [3.63, 3.8) is 0 Å². The minimum atomic E-state index is 0.728. The van der Waals surface area contributed by atoms with Crippen LogP contribution in [-0.2, 0) is 6.54 Å². The summed E-state index contributed by atoms with van der Waals surface area (Å²) in [4.78, 5) is 2.43. The van der Waals surface area contributed by atoms with Crippen LogP contribution in [0.5, 0.6) is 5.75 Å². The molecule has 0 spiro atoms. The first-order valence-corrected chi connectivity index (χ1v) is 7.06. The first-order chi connectivity index (χ1) is 8.85. The third-order valence-electron chi connectivity index (χ3n) is 3.35. The molecule has 100 valence electrons. The second-order valence-electron chi connectivity index (χ2n) is 4.71. The highest BCUT2D eigenvalue weighted by Gasteiger charge is 2.16. The van der Waals surface area contributed by atoms with Crippen LogP contribution in [0.4, 0.5) is 5.69 Å². The van der Waals surface area contributed by atoms with E-state index in [1.807, 2.05) is 6.92 Å². The Morgan fingerprint density at radius 3 is 2.67 bits per heavy atom. The van der Waals surface area contributed by atoms with E-state index in [0.717, 1.165) is 38.5 Å². The summed E-state index contributed by atoms with van der Waals surface area (Å²) in [7, 11) is 0. The van der Waals surface area contributed by atoms with Crippen molar-refractivity contribution in [2.24, 2.45) is 0 Å². The number of nitrogens with zero attached hydrogens (tertiary/aromatic N) is 1. The highest BCUT2D eigenvalue weighted by atomic mass is 16.5. The van der Waals surface area contributed by atoms with E-state index in [2.05, 4.69) is 35.3 Å². The maximum absolute atomic E-state index is 5.80. The Morgan fingerprint density at radius 1 is 1.22 bits per heavy atom. The summed E-state index contributed by atoms with van der Waals surface area (Å²) in [6, 6.07) is 6.60. The lowest BCUT2D eigenvalue weighted by molar-refractivity contribution is 0.340. The Labute approximate surface area is 110 Å². The summed E-state index contributed by atoms with van der Waals surface area (Å²) in [6.07, 6.45) is 2.59. The number of hydrogen-bond donors (Lipinski definition) is 1. The van der Waals surface area contributed by atoms with Crippen molar-refractivity contribution in [2.75, 3.05) is 31.1 Å². The Balaban J connectivity index is 2.17. The molecule has 0 atom stereocenters. The third kappa shape index (κ3) is 3.16. The van der Waals surface area contributed by atoms with Crippen LogP contribution in [0, 0.1) is 0 Å². The van der Waals surface area contributed by atoms with E-state index >= 15 is 0 Å². The Hall–Kier alpha value is -1.22. The standard InChI is InChI=1S/C15H24N2O/c1-3-16-12-13-7-8-14(15(11-13)18-4-2)17-9-5-6-10-17/h7-8,11,16H,3-6,9-10,12H2,1-2H3. The monoisotopic (exact) mass is 248 g/mol. The summed E-state index contributed by atoms with van der Waals surface area (Å²) >= 11 is 0. The molecule has 0 amide bonds. The second-order valence-corrected chi connectivity index (χ2v) is 4.71.